The predicted molar refractivity (Wildman–Crippen MR) is 126 cm³/mol. The monoisotopic (exact) mass is 571 g/mol. The molecule has 0 saturated heterocycles. The fourth-order valence-corrected chi connectivity index (χ4v) is 4.76. The molecule has 0 saturated carbocycles. The van der Waals surface area contributed by atoms with E-state index in [4.69, 9.17) is 16.3 Å². The van der Waals surface area contributed by atoms with Gasteiger partial charge < -0.3 is 10.1 Å². The van der Waals surface area contributed by atoms with Gasteiger partial charge in [0.25, 0.3) is 11.8 Å². The number of hydrogen-bond acceptors (Lipinski definition) is 4. The molecule has 0 spiro atoms. The molecule has 1 atom stereocenters. The van der Waals surface area contributed by atoms with E-state index < -0.39 is 29.9 Å². The van der Waals surface area contributed by atoms with Crippen LogP contribution in [0.5, 0.6) is 11.6 Å². The van der Waals surface area contributed by atoms with Crippen molar-refractivity contribution in [3.05, 3.63) is 79.9 Å². The number of carbonyl (C=O) groups is 1. The van der Waals surface area contributed by atoms with E-state index >= 15 is 4.39 Å². The summed E-state index contributed by atoms with van der Waals surface area (Å²) in [7, 11) is 0. The number of fused-ring (bicyclic) bond motifs is 1. The maximum absolute atomic E-state index is 15.5. The number of ether oxygens (including phenoxy) is 1. The standard InChI is InChI=1S/C24H19BrClF4N3O2/c1-23(27,17-9-8-14(25)11-18(17)26)12-31-21(34)20-16-6-3-7-19(16)32-33-22(20)35-15-5-2-4-13(10-15)24(28,29)30/h2,4-5,8-11H,3,6-7,12H2,1H3,(H,31,34). The molecule has 5 nitrogen and oxygen atoms in total. The third-order valence-corrected chi connectivity index (χ3v) is 6.45. The minimum Gasteiger partial charge on any atom is -0.437 e. The molecule has 1 aliphatic rings. The molecule has 0 aliphatic heterocycles. The highest BCUT2D eigenvalue weighted by Crippen LogP contribution is 2.36. The molecule has 35 heavy (non-hydrogen) atoms. The summed E-state index contributed by atoms with van der Waals surface area (Å²) in [6.45, 7) is 0.880. The van der Waals surface area contributed by atoms with Crippen molar-refractivity contribution < 1.29 is 27.1 Å². The number of halogens is 6. The van der Waals surface area contributed by atoms with E-state index in [1.165, 1.54) is 25.1 Å². The Morgan fingerprint density at radius 2 is 1.91 bits per heavy atom. The second-order valence-electron chi connectivity index (χ2n) is 8.29. The van der Waals surface area contributed by atoms with Crippen molar-refractivity contribution in [3.63, 3.8) is 0 Å². The lowest BCUT2D eigenvalue weighted by Crippen LogP contribution is -2.36. The number of alkyl halides is 4. The summed E-state index contributed by atoms with van der Waals surface area (Å²) in [5.41, 5.74) is -1.50. The Morgan fingerprint density at radius 1 is 1.14 bits per heavy atom. The highest BCUT2D eigenvalue weighted by Gasteiger charge is 2.33. The van der Waals surface area contributed by atoms with Crippen LogP contribution in [-0.4, -0.2) is 22.6 Å². The van der Waals surface area contributed by atoms with E-state index in [1.54, 1.807) is 12.1 Å². The zero-order chi connectivity index (χ0) is 25.4. The zero-order valence-corrected chi connectivity index (χ0v) is 20.7. The number of nitrogens with zero attached hydrogens (tertiary/aromatic N) is 2. The van der Waals surface area contributed by atoms with Crippen LogP contribution in [0, 0.1) is 0 Å². The Morgan fingerprint density at radius 3 is 2.63 bits per heavy atom. The second-order valence-corrected chi connectivity index (χ2v) is 9.61. The van der Waals surface area contributed by atoms with Gasteiger partial charge in [-0.25, -0.2) is 4.39 Å². The van der Waals surface area contributed by atoms with Crippen LogP contribution >= 0.6 is 27.5 Å². The maximum atomic E-state index is 15.5. The van der Waals surface area contributed by atoms with Crippen LogP contribution in [0.4, 0.5) is 17.6 Å². The summed E-state index contributed by atoms with van der Waals surface area (Å²) < 4.78 is 61.1. The summed E-state index contributed by atoms with van der Waals surface area (Å²) in [5.74, 6) is -1.07. The molecule has 0 fully saturated rings. The van der Waals surface area contributed by atoms with Gasteiger partial charge >= 0.3 is 6.18 Å². The molecular formula is C24H19BrClF4N3O2. The lowest BCUT2D eigenvalue weighted by Gasteiger charge is -2.23. The fourth-order valence-electron chi connectivity index (χ4n) is 3.89. The molecule has 1 aliphatic carbocycles. The molecule has 0 radical (unpaired) electrons. The molecule has 4 rings (SSSR count). The van der Waals surface area contributed by atoms with Gasteiger partial charge in [0.1, 0.15) is 11.3 Å². The van der Waals surface area contributed by atoms with Gasteiger partial charge in [-0.2, -0.15) is 18.3 Å². The van der Waals surface area contributed by atoms with Crippen LogP contribution in [-0.2, 0) is 24.7 Å². The average molecular weight is 573 g/mol. The number of amides is 1. The number of nitrogens with one attached hydrogen (secondary N) is 1. The lowest BCUT2D eigenvalue weighted by atomic mass is 9.97. The van der Waals surface area contributed by atoms with E-state index in [-0.39, 0.29) is 27.8 Å². The van der Waals surface area contributed by atoms with Gasteiger partial charge in [-0.3, -0.25) is 4.79 Å². The Labute approximate surface area is 212 Å². The van der Waals surface area contributed by atoms with Crippen LogP contribution in [0.25, 0.3) is 0 Å². The van der Waals surface area contributed by atoms with Crippen molar-refractivity contribution >= 4 is 33.4 Å². The largest absolute Gasteiger partial charge is 0.437 e. The summed E-state index contributed by atoms with van der Waals surface area (Å²) in [6, 6.07) is 8.94. The molecule has 0 bridgehead atoms. The second kappa shape index (κ2) is 9.73. The Hall–Kier alpha value is -2.72. The van der Waals surface area contributed by atoms with Gasteiger partial charge in [0.05, 0.1) is 17.8 Å². The number of benzene rings is 2. The molecule has 1 heterocycles. The summed E-state index contributed by atoms with van der Waals surface area (Å²) >= 11 is 9.45. The van der Waals surface area contributed by atoms with Gasteiger partial charge in [-0.15, -0.1) is 5.10 Å². The molecule has 11 heteroatoms. The van der Waals surface area contributed by atoms with Crippen LogP contribution in [0.2, 0.25) is 5.02 Å². The van der Waals surface area contributed by atoms with Gasteiger partial charge in [0.2, 0.25) is 0 Å². The molecule has 1 amide bonds. The highest BCUT2D eigenvalue weighted by atomic mass is 79.9. The number of aromatic nitrogens is 2. The fraction of sp³-hybridized carbons (Fsp3) is 0.292. The van der Waals surface area contributed by atoms with Gasteiger partial charge in [0, 0.05) is 15.1 Å². The molecule has 184 valence electrons. The quantitative estimate of drug-likeness (QED) is 0.330. The minimum atomic E-state index is -4.57. The molecule has 1 aromatic heterocycles. The molecule has 2 aromatic carbocycles. The summed E-state index contributed by atoms with van der Waals surface area (Å²) in [5, 5.41) is 10.8. The van der Waals surface area contributed by atoms with Crippen molar-refractivity contribution in [3.8, 4) is 11.6 Å². The van der Waals surface area contributed by atoms with E-state index in [2.05, 4.69) is 31.4 Å². The van der Waals surface area contributed by atoms with E-state index in [9.17, 15) is 18.0 Å². The smallest absolute Gasteiger partial charge is 0.416 e. The topological polar surface area (TPSA) is 64.1 Å². The Bertz CT molecular complexity index is 1280. The van der Waals surface area contributed by atoms with Crippen molar-refractivity contribution in [1.82, 2.24) is 15.5 Å². The van der Waals surface area contributed by atoms with Crippen molar-refractivity contribution in [1.29, 1.82) is 0 Å². The van der Waals surface area contributed by atoms with Crippen LogP contribution < -0.4 is 10.1 Å². The number of carbonyl (C=O) groups excluding carboxylic acids is 1. The van der Waals surface area contributed by atoms with E-state index in [0.29, 0.717) is 28.6 Å². The highest BCUT2D eigenvalue weighted by molar-refractivity contribution is 9.10. The minimum absolute atomic E-state index is 0.0302. The zero-order valence-electron chi connectivity index (χ0n) is 18.3. The van der Waals surface area contributed by atoms with Crippen molar-refractivity contribution in [2.45, 2.75) is 38.0 Å². The molecule has 3 aromatic rings. The summed E-state index contributed by atoms with van der Waals surface area (Å²) in [6.07, 6.45) is -2.73. The first-order valence-corrected chi connectivity index (χ1v) is 11.8. The van der Waals surface area contributed by atoms with E-state index in [0.717, 1.165) is 18.6 Å². The number of hydrogen-bond donors (Lipinski definition) is 1. The molecular weight excluding hydrogens is 554 g/mol. The Kier molecular flexibility index (Phi) is 7.06. The maximum Gasteiger partial charge on any atom is 0.416 e. The summed E-state index contributed by atoms with van der Waals surface area (Å²) in [4.78, 5) is 13.2. The van der Waals surface area contributed by atoms with E-state index in [1.807, 2.05) is 0 Å². The average Bonchev–Trinajstić information content (AvgIpc) is 3.25. The van der Waals surface area contributed by atoms with Crippen LogP contribution in [0.3, 0.4) is 0 Å². The van der Waals surface area contributed by atoms with Gasteiger partial charge in [-0.05, 0) is 62.1 Å². The van der Waals surface area contributed by atoms with Crippen molar-refractivity contribution in [2.24, 2.45) is 0 Å². The van der Waals surface area contributed by atoms with Crippen molar-refractivity contribution in [2.75, 3.05) is 6.54 Å². The first kappa shape index (κ1) is 25.4. The third-order valence-electron chi connectivity index (χ3n) is 5.64. The molecule has 1 N–H and O–H groups in total. The third kappa shape index (κ3) is 5.59. The van der Waals surface area contributed by atoms with Gasteiger partial charge in [-0.1, -0.05) is 39.7 Å². The van der Waals surface area contributed by atoms with Crippen LogP contribution in [0.1, 0.15) is 46.1 Å². The first-order chi connectivity index (χ1) is 16.5. The first-order valence-electron chi connectivity index (χ1n) is 10.6. The predicted octanol–water partition coefficient (Wildman–Crippen LogP) is 6.81. The Balaban J connectivity index is 1.62. The van der Waals surface area contributed by atoms with Crippen LogP contribution in [0.15, 0.2) is 46.9 Å². The SMILES string of the molecule is CC(F)(CNC(=O)c1c(Oc2cccc(C(F)(F)F)c2)nnc2c1CCC2)c1ccc(Br)cc1Cl. The lowest BCUT2D eigenvalue weighted by molar-refractivity contribution is -0.137. The molecule has 1 unspecified atom stereocenters. The normalized spacial score (nSPS) is 14.8. The number of rotatable bonds is 6. The number of aryl methyl sites for hydroxylation is 1. The van der Waals surface area contributed by atoms with Gasteiger partial charge in [0.15, 0.2) is 5.67 Å².